The molecule has 0 spiro atoms. The zero-order valence-corrected chi connectivity index (χ0v) is 17.8. The molecular formula is C26H22N2O4. The van der Waals surface area contributed by atoms with Crippen LogP contribution in [0.5, 0.6) is 0 Å². The second kappa shape index (κ2) is 8.23. The van der Waals surface area contributed by atoms with Crippen molar-refractivity contribution in [2.75, 3.05) is 14.1 Å². The Morgan fingerprint density at radius 1 is 0.688 bits per heavy atom. The van der Waals surface area contributed by atoms with E-state index in [2.05, 4.69) is 0 Å². The number of ketones is 2. The smallest absolute Gasteiger partial charge is 0.307 e. The van der Waals surface area contributed by atoms with E-state index in [4.69, 9.17) is 0 Å². The summed E-state index contributed by atoms with van der Waals surface area (Å²) in [7, 11) is 2.82. The van der Waals surface area contributed by atoms with Crippen LogP contribution >= 0.6 is 0 Å². The lowest BCUT2D eigenvalue weighted by Gasteiger charge is -2.38. The molecule has 0 bridgehead atoms. The standard InChI is InChI=1S/C26H22N2O4/c1-27-24(31)26(28(2)25(27)32,20-16-10-5-11-17-20)21(22(29)18-12-6-3-7-13-18)23(30)19-14-8-4-9-15-19/h3-17,21H,1-2H3/t26-/m0/s1. The van der Waals surface area contributed by atoms with Crippen molar-refractivity contribution in [1.82, 2.24) is 9.80 Å². The van der Waals surface area contributed by atoms with Crippen molar-refractivity contribution in [3.05, 3.63) is 108 Å². The molecule has 4 rings (SSSR count). The summed E-state index contributed by atoms with van der Waals surface area (Å²) in [6, 6.07) is 24.7. The predicted octanol–water partition coefficient (Wildman–Crippen LogP) is 3.79. The van der Waals surface area contributed by atoms with E-state index in [0.717, 1.165) is 4.90 Å². The fourth-order valence-electron chi connectivity index (χ4n) is 4.39. The Labute approximate surface area is 186 Å². The third kappa shape index (κ3) is 3.12. The highest BCUT2D eigenvalue weighted by Crippen LogP contribution is 2.44. The van der Waals surface area contributed by atoms with E-state index in [-0.39, 0.29) is 0 Å². The van der Waals surface area contributed by atoms with Crippen molar-refractivity contribution in [2.24, 2.45) is 5.92 Å². The summed E-state index contributed by atoms with van der Waals surface area (Å²) in [5, 5.41) is 0. The molecular weight excluding hydrogens is 404 g/mol. The van der Waals surface area contributed by atoms with Crippen LogP contribution in [0.3, 0.4) is 0 Å². The lowest BCUT2D eigenvalue weighted by atomic mass is 9.70. The molecule has 1 atom stereocenters. The number of carbonyl (C=O) groups excluding carboxylic acids is 4. The molecule has 3 amide bonds. The Hall–Kier alpha value is -4.06. The highest BCUT2D eigenvalue weighted by atomic mass is 16.2. The van der Waals surface area contributed by atoms with E-state index in [1.165, 1.54) is 19.0 Å². The summed E-state index contributed by atoms with van der Waals surface area (Å²) in [5.41, 5.74) is -0.822. The minimum atomic E-state index is -1.81. The Kier molecular flexibility index (Phi) is 5.45. The molecule has 1 aliphatic rings. The molecule has 1 saturated heterocycles. The number of imide groups is 1. The van der Waals surface area contributed by atoms with Crippen LogP contribution in [-0.4, -0.2) is 47.4 Å². The van der Waals surface area contributed by atoms with Gasteiger partial charge in [-0.15, -0.1) is 0 Å². The Balaban J connectivity index is 2.02. The zero-order valence-electron chi connectivity index (χ0n) is 17.8. The van der Waals surface area contributed by atoms with E-state index in [0.29, 0.717) is 16.7 Å². The zero-order chi connectivity index (χ0) is 22.9. The second-order valence-corrected chi connectivity index (χ2v) is 7.73. The summed E-state index contributed by atoms with van der Waals surface area (Å²) in [6.45, 7) is 0. The number of nitrogens with zero attached hydrogens (tertiary/aromatic N) is 2. The van der Waals surface area contributed by atoms with Crippen LogP contribution in [0.15, 0.2) is 91.0 Å². The number of Topliss-reactive ketones (excluding diaryl/α,β-unsaturated/α-hetero) is 2. The monoisotopic (exact) mass is 426 g/mol. The summed E-state index contributed by atoms with van der Waals surface area (Å²) >= 11 is 0. The normalized spacial score (nSPS) is 18.3. The van der Waals surface area contributed by atoms with Gasteiger partial charge in [-0.1, -0.05) is 91.0 Å². The number of hydrogen-bond donors (Lipinski definition) is 0. The van der Waals surface area contributed by atoms with Gasteiger partial charge in [0.15, 0.2) is 17.1 Å². The molecule has 1 fully saturated rings. The highest BCUT2D eigenvalue weighted by molar-refractivity contribution is 6.22. The molecule has 3 aromatic carbocycles. The molecule has 1 aliphatic heterocycles. The minimum absolute atomic E-state index is 0.292. The third-order valence-corrected chi connectivity index (χ3v) is 6.01. The van der Waals surface area contributed by atoms with Gasteiger partial charge in [0.05, 0.1) is 0 Å². The van der Waals surface area contributed by atoms with Crippen molar-refractivity contribution in [3.63, 3.8) is 0 Å². The maximum Gasteiger partial charge on any atom is 0.327 e. The van der Waals surface area contributed by atoms with E-state index in [1.54, 1.807) is 91.0 Å². The van der Waals surface area contributed by atoms with Crippen LogP contribution in [0.1, 0.15) is 26.3 Å². The van der Waals surface area contributed by atoms with Gasteiger partial charge >= 0.3 is 6.03 Å². The van der Waals surface area contributed by atoms with Crippen LogP contribution in [-0.2, 0) is 10.3 Å². The van der Waals surface area contributed by atoms with Crippen LogP contribution in [0.25, 0.3) is 0 Å². The fraction of sp³-hybridized carbons (Fsp3) is 0.154. The van der Waals surface area contributed by atoms with E-state index < -0.39 is 35.0 Å². The minimum Gasteiger partial charge on any atom is -0.307 e. The van der Waals surface area contributed by atoms with Crippen molar-refractivity contribution >= 4 is 23.5 Å². The van der Waals surface area contributed by atoms with Gasteiger partial charge in [-0.3, -0.25) is 19.3 Å². The quantitative estimate of drug-likeness (QED) is 0.342. The number of benzene rings is 3. The highest BCUT2D eigenvalue weighted by Gasteiger charge is 2.64. The third-order valence-electron chi connectivity index (χ3n) is 6.01. The molecule has 6 nitrogen and oxygen atoms in total. The topological polar surface area (TPSA) is 74.8 Å². The van der Waals surface area contributed by atoms with Crippen molar-refractivity contribution in [1.29, 1.82) is 0 Å². The number of likely N-dealkylation sites (N-methyl/N-ethyl adjacent to an activating group) is 2. The molecule has 6 heteroatoms. The Morgan fingerprint density at radius 3 is 1.47 bits per heavy atom. The molecule has 0 saturated carbocycles. The number of rotatable bonds is 6. The van der Waals surface area contributed by atoms with Crippen molar-refractivity contribution in [2.45, 2.75) is 5.54 Å². The van der Waals surface area contributed by atoms with Crippen LogP contribution < -0.4 is 0 Å². The maximum atomic E-state index is 13.9. The molecule has 3 aromatic rings. The average Bonchev–Trinajstić information content (AvgIpc) is 3.02. The van der Waals surface area contributed by atoms with Gasteiger partial charge in [0.1, 0.15) is 5.92 Å². The lowest BCUT2D eigenvalue weighted by molar-refractivity contribution is -0.134. The molecule has 0 aliphatic carbocycles. The van der Waals surface area contributed by atoms with E-state index >= 15 is 0 Å². The summed E-state index contributed by atoms with van der Waals surface area (Å²) in [5.74, 6) is -3.13. The number of carbonyl (C=O) groups is 4. The first-order valence-electron chi connectivity index (χ1n) is 10.2. The second-order valence-electron chi connectivity index (χ2n) is 7.73. The molecule has 1 heterocycles. The Morgan fingerprint density at radius 2 is 1.09 bits per heavy atom. The van der Waals surface area contributed by atoms with Gasteiger partial charge in [0.2, 0.25) is 0 Å². The number of urea groups is 1. The van der Waals surface area contributed by atoms with Crippen LogP contribution in [0.4, 0.5) is 4.79 Å². The molecule has 0 N–H and O–H groups in total. The Bertz CT molecular complexity index is 1130. The fourth-order valence-corrected chi connectivity index (χ4v) is 4.39. The first-order chi connectivity index (χ1) is 15.4. The molecule has 0 radical (unpaired) electrons. The van der Waals surface area contributed by atoms with Gasteiger partial charge in [-0.25, -0.2) is 4.79 Å². The van der Waals surface area contributed by atoms with Crippen LogP contribution in [0.2, 0.25) is 0 Å². The van der Waals surface area contributed by atoms with Crippen molar-refractivity contribution in [3.8, 4) is 0 Å². The van der Waals surface area contributed by atoms with Crippen molar-refractivity contribution < 1.29 is 19.2 Å². The van der Waals surface area contributed by atoms with Crippen LogP contribution in [0, 0.1) is 5.92 Å². The summed E-state index contributed by atoms with van der Waals surface area (Å²) < 4.78 is 0. The molecule has 160 valence electrons. The van der Waals surface area contributed by atoms with E-state index in [1.807, 2.05) is 0 Å². The average molecular weight is 426 g/mol. The first-order valence-corrected chi connectivity index (χ1v) is 10.2. The number of amides is 3. The molecule has 0 unspecified atom stereocenters. The van der Waals surface area contributed by atoms with Gasteiger partial charge in [-0.05, 0) is 5.56 Å². The number of hydrogen-bond acceptors (Lipinski definition) is 4. The SMILES string of the molecule is CN1C(=O)N(C)[C@@](c2ccccc2)(C(C(=O)c2ccccc2)C(=O)c2ccccc2)C1=O. The molecule has 0 aromatic heterocycles. The lowest BCUT2D eigenvalue weighted by Crippen LogP contribution is -2.56. The first kappa shape index (κ1) is 21.2. The summed E-state index contributed by atoms with van der Waals surface area (Å²) in [6.07, 6.45) is 0. The van der Waals surface area contributed by atoms with Gasteiger partial charge < -0.3 is 4.90 Å². The summed E-state index contributed by atoms with van der Waals surface area (Å²) in [4.78, 5) is 56.6. The maximum absolute atomic E-state index is 13.9. The largest absolute Gasteiger partial charge is 0.327 e. The molecule has 32 heavy (non-hydrogen) atoms. The van der Waals surface area contributed by atoms with Gasteiger partial charge in [0, 0.05) is 25.2 Å². The van der Waals surface area contributed by atoms with E-state index in [9.17, 15) is 19.2 Å². The van der Waals surface area contributed by atoms with Gasteiger partial charge in [0.25, 0.3) is 5.91 Å². The van der Waals surface area contributed by atoms with Gasteiger partial charge in [-0.2, -0.15) is 0 Å². The predicted molar refractivity (Wildman–Crippen MR) is 119 cm³/mol.